The molecule has 680 valence electrons. The van der Waals surface area contributed by atoms with Crippen molar-refractivity contribution in [3.63, 3.8) is 0 Å². The Balaban J connectivity index is 0.831. The molecule has 6 atom stereocenters. The molecule has 142 heavy (non-hydrogen) atoms. The minimum absolute atomic E-state index is 0.0000998. The van der Waals surface area contributed by atoms with Gasteiger partial charge in [0.2, 0.25) is 0 Å². The Morgan fingerprint density at radius 2 is 0.296 bits per heavy atom. The zero-order valence-corrected chi connectivity index (χ0v) is 77.1. The number of carbonyl (C=O) groups is 6. The van der Waals surface area contributed by atoms with E-state index in [1.807, 2.05) is 0 Å². The van der Waals surface area contributed by atoms with E-state index in [9.17, 15) is 59.4 Å². The highest BCUT2D eigenvalue weighted by Gasteiger charge is 2.87. The molecule has 17 aromatic rings. The summed E-state index contributed by atoms with van der Waals surface area (Å²) < 4.78 is 0. The molecule has 0 saturated carbocycles. The fourth-order valence-electron chi connectivity index (χ4n) is 28.9. The van der Waals surface area contributed by atoms with Crippen LogP contribution in [0.2, 0.25) is 0 Å². The zero-order valence-electron chi connectivity index (χ0n) is 77.1. The van der Waals surface area contributed by atoms with Crippen molar-refractivity contribution in [1.82, 2.24) is 0 Å². The van der Waals surface area contributed by atoms with Crippen molar-refractivity contribution in [3.05, 3.63) is 497 Å². The summed E-state index contributed by atoms with van der Waals surface area (Å²) in [4.78, 5) is 72.8. The molecule has 0 heterocycles. The van der Waals surface area contributed by atoms with Crippen molar-refractivity contribution >= 4 is 35.8 Å². The first-order valence-corrected chi connectivity index (χ1v) is 49.2. The maximum absolute atomic E-state index is 12.2. The quantitative estimate of drug-likeness (QED) is 0.0247. The highest BCUT2D eigenvalue weighted by atomic mass is 16.4. The van der Waals surface area contributed by atoms with Crippen molar-refractivity contribution in [2.45, 2.75) is 110 Å². The standard InChI is InChI=1S/C130H88O12/c131-105(132)65-13-71-1-19-77(20-2-71)83-31-43-89(44-32-83)125-111-95-55-56-96-98-58-60-100-102-62-64-104-103-63-61-101-99-59-57-97(95)113(125)115(99)127(91-47-35-85(36-48-91)79-23-5-73(6-24-79)15-67-107(135)136)117(101)119(103)129(93-51-39-87(40-52-93)81-27-9-75(10-28-81)17-69-109(139)140)120(104)118(102)128(92-49-37-86(38-50-92)80-25-7-74(8-26-80)16-68-108(137)138)116(100)114(98)126(112(96)111,90-45-33-84(34-46-90)78-21-3-72(4-22-78)14-66-106(133)134)122-121(125)123(127)130(129,124(122)128)94-53-41-88(42-54-94)82-29-11-76(12-30-82)18-70-110(141)142/h1-12,19-64H,13-18,65-70H2,(H,131,132)(H,133,134)(H,135,136)(H,137,138)(H,139,140)(H,141,142)/t125-,126+,127-,128+,129?,130?. The van der Waals surface area contributed by atoms with Gasteiger partial charge in [-0.3, -0.25) is 28.8 Å². The first-order chi connectivity index (χ1) is 69.3. The Morgan fingerprint density at radius 1 is 0.155 bits per heavy atom. The molecule has 11 aliphatic carbocycles. The number of hydrogen-bond donors (Lipinski definition) is 6. The molecular weight excluding hydrogens is 1750 g/mol. The molecule has 28 rings (SSSR count). The second-order valence-electron chi connectivity index (χ2n) is 40.6. The lowest BCUT2D eigenvalue weighted by Crippen LogP contribution is -2.66. The molecule has 0 bridgehead atoms. The fraction of sp³-hybridized carbons (Fsp3) is 0.138. The van der Waals surface area contributed by atoms with E-state index in [-0.39, 0.29) is 38.5 Å². The Morgan fingerprint density at radius 3 is 0.479 bits per heavy atom. The number of fused-ring (bicyclic) bond motifs is 5. The second kappa shape index (κ2) is 29.8. The van der Waals surface area contributed by atoms with Gasteiger partial charge in [-0.1, -0.05) is 352 Å². The third-order valence-corrected chi connectivity index (χ3v) is 34.2. The second-order valence-corrected chi connectivity index (χ2v) is 40.6. The number of allylic oxidation sites excluding steroid dienone is 4. The van der Waals surface area contributed by atoms with E-state index in [0.29, 0.717) is 38.5 Å². The first kappa shape index (κ1) is 83.2. The number of aryl methyl sites for hydroxylation is 6. The van der Waals surface area contributed by atoms with E-state index in [0.717, 1.165) is 145 Å². The van der Waals surface area contributed by atoms with Gasteiger partial charge in [-0.05, 0) is 306 Å². The summed E-state index contributed by atoms with van der Waals surface area (Å²) in [5.74, 6) is -5.09. The topological polar surface area (TPSA) is 224 Å². The summed E-state index contributed by atoms with van der Waals surface area (Å²) in [5.41, 5.74) is 46.5. The Labute approximate surface area is 818 Å². The molecule has 2 unspecified atom stereocenters. The summed E-state index contributed by atoms with van der Waals surface area (Å²) in [6, 6.07) is 133. The summed E-state index contributed by atoms with van der Waals surface area (Å²) in [7, 11) is 0. The Hall–Kier alpha value is -17.0. The molecule has 0 aromatic heterocycles. The molecule has 6 N–H and O–H groups in total. The normalized spacial score (nSPS) is 19.9. The van der Waals surface area contributed by atoms with Crippen LogP contribution in [0.1, 0.15) is 161 Å². The first-order valence-electron chi connectivity index (χ1n) is 49.2. The highest BCUT2D eigenvalue weighted by Crippen LogP contribution is 2.93. The van der Waals surface area contributed by atoms with E-state index >= 15 is 0 Å². The summed E-state index contributed by atoms with van der Waals surface area (Å²) >= 11 is 0. The predicted octanol–water partition coefficient (Wildman–Crippen LogP) is 26.3. The number of carboxylic acids is 6. The summed E-state index contributed by atoms with van der Waals surface area (Å²) in [5, 5.41) is 59.7. The largest absolute Gasteiger partial charge is 0.481 e. The van der Waals surface area contributed by atoms with Crippen molar-refractivity contribution in [2.24, 2.45) is 0 Å². The highest BCUT2D eigenvalue weighted by molar-refractivity contribution is 6.17. The van der Waals surface area contributed by atoms with E-state index in [2.05, 4.69) is 352 Å². The van der Waals surface area contributed by atoms with Crippen molar-refractivity contribution in [1.29, 1.82) is 0 Å². The van der Waals surface area contributed by atoms with Crippen LogP contribution in [0.15, 0.2) is 374 Å². The van der Waals surface area contributed by atoms with E-state index in [1.165, 1.54) is 122 Å². The smallest absolute Gasteiger partial charge is 0.303 e. The number of aliphatic carboxylic acids is 6. The van der Waals surface area contributed by atoms with Crippen LogP contribution in [0, 0.1) is 0 Å². The minimum Gasteiger partial charge on any atom is -0.481 e. The lowest BCUT2D eigenvalue weighted by Gasteiger charge is -2.67. The van der Waals surface area contributed by atoms with Crippen LogP contribution in [0.25, 0.3) is 122 Å². The number of rotatable bonds is 30. The molecule has 0 saturated heterocycles. The van der Waals surface area contributed by atoms with Crippen LogP contribution in [0.4, 0.5) is 0 Å². The Bertz CT molecular complexity index is 8210. The minimum atomic E-state index is -1.35. The van der Waals surface area contributed by atoms with E-state index in [1.54, 1.807) is 0 Å². The zero-order chi connectivity index (χ0) is 95.7. The van der Waals surface area contributed by atoms with Crippen LogP contribution in [-0.4, -0.2) is 66.5 Å². The average molecular weight is 1840 g/mol. The van der Waals surface area contributed by atoms with Gasteiger partial charge in [0.15, 0.2) is 0 Å². The van der Waals surface area contributed by atoms with Gasteiger partial charge in [-0.15, -0.1) is 0 Å². The lowest BCUT2D eigenvalue weighted by molar-refractivity contribution is -0.138. The molecule has 0 aliphatic heterocycles. The molecule has 11 aliphatic rings. The van der Waals surface area contributed by atoms with Crippen LogP contribution in [0.5, 0.6) is 0 Å². The van der Waals surface area contributed by atoms with Crippen molar-refractivity contribution in [3.8, 4) is 122 Å². The van der Waals surface area contributed by atoms with Crippen LogP contribution < -0.4 is 0 Å². The molecule has 0 fully saturated rings. The monoisotopic (exact) mass is 1840 g/mol. The van der Waals surface area contributed by atoms with E-state index in [4.69, 9.17) is 0 Å². The molecule has 17 aromatic carbocycles. The van der Waals surface area contributed by atoms with Gasteiger partial charge in [0.05, 0.1) is 32.5 Å². The lowest BCUT2D eigenvalue weighted by atomic mass is 9.33. The molecule has 12 heteroatoms. The SMILES string of the molecule is O=C(O)CCc1ccc(-c2ccc(C34C5=C6C7=C3[C@@]3(c8ccc(-c9ccc(CCC(=O)O)cc9)cc8)c8c9ccc%10c8C4(c4ccc(-c8ccc(CCC(=O)O)cc8)cc4)c4c-%10ccc8c4[C@]5(c4ccc(-c5ccc(CCC(=O)O)cc5)cc4)c4c-8ccc5c4[C@]6(c4ccc(-c6ccc(CCC(=O)O)cc6)cc4)c4c-5ccc5c4[C@]7(c4ccc(-c6ccc(CCC(=O)O)cc6)cc4)c4c-5ccc-9c43)cc2)cc1. The van der Waals surface area contributed by atoms with Gasteiger partial charge in [0, 0.05) is 38.5 Å². The van der Waals surface area contributed by atoms with Gasteiger partial charge in [-0.25, -0.2) is 0 Å². The summed E-state index contributed by atoms with van der Waals surface area (Å²) in [6.45, 7) is 0. The van der Waals surface area contributed by atoms with Crippen LogP contribution >= 0.6 is 0 Å². The van der Waals surface area contributed by atoms with Gasteiger partial charge >= 0.3 is 35.8 Å². The molecule has 0 amide bonds. The van der Waals surface area contributed by atoms with Gasteiger partial charge in [0.1, 0.15) is 0 Å². The third-order valence-electron chi connectivity index (χ3n) is 34.2. The maximum atomic E-state index is 12.2. The molecule has 0 spiro atoms. The predicted molar refractivity (Wildman–Crippen MR) is 549 cm³/mol. The van der Waals surface area contributed by atoms with Crippen LogP contribution in [0.3, 0.4) is 0 Å². The number of benzene rings is 17. The average Bonchev–Trinajstić information content (AvgIpc) is 1.38. The van der Waals surface area contributed by atoms with Crippen molar-refractivity contribution in [2.75, 3.05) is 0 Å². The molecule has 12 nitrogen and oxygen atoms in total. The third kappa shape index (κ3) is 10.6. The van der Waals surface area contributed by atoms with Gasteiger partial charge < -0.3 is 30.6 Å². The van der Waals surface area contributed by atoms with E-state index < -0.39 is 68.3 Å². The van der Waals surface area contributed by atoms with Gasteiger partial charge in [-0.2, -0.15) is 0 Å². The summed E-state index contributed by atoms with van der Waals surface area (Å²) in [6.07, 6.45) is 2.44. The fourth-order valence-corrected chi connectivity index (χ4v) is 28.9. The van der Waals surface area contributed by atoms with Gasteiger partial charge in [0.25, 0.3) is 0 Å². The number of hydrogen-bond acceptors (Lipinski definition) is 6. The Kier molecular flexibility index (Phi) is 17.5. The maximum Gasteiger partial charge on any atom is 0.303 e. The van der Waals surface area contributed by atoms with Crippen molar-refractivity contribution < 1.29 is 59.4 Å². The van der Waals surface area contributed by atoms with Crippen LogP contribution in [-0.2, 0) is 99.8 Å². The molecular formula is C130H88O12. The molecule has 0 radical (unpaired) electrons. The number of carboxylic acid groups (broad SMARTS) is 6.